The van der Waals surface area contributed by atoms with Gasteiger partial charge in [-0.15, -0.1) is 11.8 Å². The van der Waals surface area contributed by atoms with Crippen LogP contribution in [0.25, 0.3) is 0 Å². The van der Waals surface area contributed by atoms with E-state index in [9.17, 15) is 4.79 Å². The Morgan fingerprint density at radius 1 is 1.43 bits per heavy atom. The van der Waals surface area contributed by atoms with Crippen molar-refractivity contribution in [1.82, 2.24) is 10.6 Å². The standard InChI is InChI=1S/C10H18N2OS/c13-10(9-6-14-7-12-9)11-5-8-3-1-2-4-8/h8-9,12H,1-7H2,(H,11,13)/t9-/m1/s1. The minimum absolute atomic E-state index is 0.0569. The van der Waals surface area contributed by atoms with Crippen molar-refractivity contribution < 1.29 is 4.79 Å². The lowest BCUT2D eigenvalue weighted by atomic mass is 10.1. The first-order valence-electron chi connectivity index (χ1n) is 5.45. The number of thioether (sulfide) groups is 1. The molecule has 2 N–H and O–H groups in total. The molecule has 1 aliphatic heterocycles. The number of hydrogen-bond acceptors (Lipinski definition) is 3. The van der Waals surface area contributed by atoms with Crippen LogP contribution in [0.2, 0.25) is 0 Å². The van der Waals surface area contributed by atoms with Crippen LogP contribution < -0.4 is 10.6 Å². The first-order chi connectivity index (χ1) is 6.86. The predicted molar refractivity (Wildman–Crippen MR) is 59.2 cm³/mol. The van der Waals surface area contributed by atoms with Gasteiger partial charge >= 0.3 is 0 Å². The van der Waals surface area contributed by atoms with E-state index in [4.69, 9.17) is 0 Å². The quantitative estimate of drug-likeness (QED) is 0.735. The Morgan fingerprint density at radius 3 is 2.86 bits per heavy atom. The van der Waals surface area contributed by atoms with Crippen molar-refractivity contribution >= 4 is 17.7 Å². The van der Waals surface area contributed by atoms with Gasteiger partial charge in [-0.3, -0.25) is 10.1 Å². The third-order valence-electron chi connectivity index (χ3n) is 3.07. The molecule has 2 fully saturated rings. The minimum Gasteiger partial charge on any atom is -0.354 e. The van der Waals surface area contributed by atoms with Gasteiger partial charge in [0.05, 0.1) is 6.04 Å². The third kappa shape index (κ3) is 2.64. The molecule has 1 atom stereocenters. The molecule has 0 spiro atoms. The molecule has 0 radical (unpaired) electrons. The van der Waals surface area contributed by atoms with Crippen LogP contribution in [0.15, 0.2) is 0 Å². The molecule has 1 heterocycles. The fourth-order valence-electron chi connectivity index (χ4n) is 2.15. The van der Waals surface area contributed by atoms with E-state index in [1.54, 1.807) is 11.8 Å². The molecule has 14 heavy (non-hydrogen) atoms. The highest BCUT2D eigenvalue weighted by Gasteiger charge is 2.23. The van der Waals surface area contributed by atoms with Gasteiger partial charge in [-0.05, 0) is 18.8 Å². The zero-order valence-electron chi connectivity index (χ0n) is 8.42. The summed E-state index contributed by atoms with van der Waals surface area (Å²) in [5.74, 6) is 2.78. The van der Waals surface area contributed by atoms with E-state index >= 15 is 0 Å². The van der Waals surface area contributed by atoms with Gasteiger partial charge in [0.1, 0.15) is 0 Å². The third-order valence-corrected chi connectivity index (χ3v) is 4.01. The van der Waals surface area contributed by atoms with Gasteiger partial charge in [-0.2, -0.15) is 0 Å². The minimum atomic E-state index is 0.0569. The van der Waals surface area contributed by atoms with Crippen molar-refractivity contribution in [3.8, 4) is 0 Å². The van der Waals surface area contributed by atoms with Crippen LogP contribution in [-0.4, -0.2) is 30.1 Å². The monoisotopic (exact) mass is 214 g/mol. The second-order valence-corrected chi connectivity index (χ2v) is 5.20. The molecule has 3 nitrogen and oxygen atoms in total. The fourth-order valence-corrected chi connectivity index (χ4v) is 3.09. The number of nitrogens with one attached hydrogen (secondary N) is 2. The first kappa shape index (κ1) is 10.3. The van der Waals surface area contributed by atoms with Crippen molar-refractivity contribution in [2.24, 2.45) is 5.92 Å². The number of rotatable bonds is 3. The van der Waals surface area contributed by atoms with Crippen LogP contribution in [0.3, 0.4) is 0 Å². The highest BCUT2D eigenvalue weighted by atomic mass is 32.2. The van der Waals surface area contributed by atoms with Gasteiger partial charge in [0.2, 0.25) is 5.91 Å². The Bertz CT molecular complexity index is 198. The summed E-state index contributed by atoms with van der Waals surface area (Å²) in [6.45, 7) is 0.891. The highest BCUT2D eigenvalue weighted by molar-refractivity contribution is 7.99. The Labute approximate surface area is 89.4 Å². The van der Waals surface area contributed by atoms with Gasteiger partial charge in [-0.1, -0.05) is 12.8 Å². The second kappa shape index (κ2) is 5.03. The van der Waals surface area contributed by atoms with E-state index in [2.05, 4.69) is 10.6 Å². The zero-order valence-corrected chi connectivity index (χ0v) is 9.24. The summed E-state index contributed by atoms with van der Waals surface area (Å²) < 4.78 is 0. The fraction of sp³-hybridized carbons (Fsp3) is 0.900. The normalized spacial score (nSPS) is 28.1. The average Bonchev–Trinajstić information content (AvgIpc) is 2.87. The van der Waals surface area contributed by atoms with Gasteiger partial charge in [0, 0.05) is 18.2 Å². The molecule has 1 aliphatic carbocycles. The van der Waals surface area contributed by atoms with Crippen LogP contribution in [0, 0.1) is 5.92 Å². The largest absolute Gasteiger partial charge is 0.354 e. The van der Waals surface area contributed by atoms with E-state index in [1.807, 2.05) is 0 Å². The van der Waals surface area contributed by atoms with Crippen molar-refractivity contribution in [3.63, 3.8) is 0 Å². The maximum absolute atomic E-state index is 11.6. The number of carbonyl (C=O) groups is 1. The zero-order chi connectivity index (χ0) is 9.80. The summed E-state index contributed by atoms with van der Waals surface area (Å²) in [6.07, 6.45) is 5.29. The molecule has 2 rings (SSSR count). The average molecular weight is 214 g/mol. The Hall–Kier alpha value is -0.220. The lowest BCUT2D eigenvalue weighted by Gasteiger charge is -2.13. The molecule has 4 heteroatoms. The molecular formula is C10H18N2OS. The summed E-state index contributed by atoms with van der Waals surface area (Å²) in [7, 11) is 0. The highest BCUT2D eigenvalue weighted by Crippen LogP contribution is 2.23. The molecule has 2 aliphatic rings. The molecule has 0 aromatic rings. The molecule has 80 valence electrons. The molecular weight excluding hydrogens is 196 g/mol. The molecule has 1 saturated carbocycles. The first-order valence-corrected chi connectivity index (χ1v) is 6.60. The van der Waals surface area contributed by atoms with Crippen molar-refractivity contribution in [2.45, 2.75) is 31.7 Å². The van der Waals surface area contributed by atoms with Gasteiger partial charge in [0.15, 0.2) is 0 Å². The van der Waals surface area contributed by atoms with E-state index in [1.165, 1.54) is 25.7 Å². The summed E-state index contributed by atoms with van der Waals surface area (Å²) in [5, 5.41) is 6.23. The van der Waals surface area contributed by atoms with Crippen molar-refractivity contribution in [2.75, 3.05) is 18.2 Å². The van der Waals surface area contributed by atoms with Crippen LogP contribution in [0.5, 0.6) is 0 Å². The number of carbonyl (C=O) groups excluding carboxylic acids is 1. The maximum Gasteiger partial charge on any atom is 0.238 e. The molecule has 0 unspecified atom stereocenters. The number of amides is 1. The summed E-state index contributed by atoms with van der Waals surface area (Å²) in [6, 6.07) is 0.0569. The molecule has 1 amide bonds. The molecule has 0 aromatic heterocycles. The van der Waals surface area contributed by atoms with E-state index < -0.39 is 0 Å². The van der Waals surface area contributed by atoms with Crippen molar-refractivity contribution in [3.05, 3.63) is 0 Å². The van der Waals surface area contributed by atoms with Crippen LogP contribution >= 0.6 is 11.8 Å². The topological polar surface area (TPSA) is 41.1 Å². The SMILES string of the molecule is O=C(NCC1CCCC1)[C@H]1CSCN1. The van der Waals surface area contributed by atoms with Crippen molar-refractivity contribution in [1.29, 1.82) is 0 Å². The van der Waals surface area contributed by atoms with Crippen LogP contribution in [-0.2, 0) is 4.79 Å². The summed E-state index contributed by atoms with van der Waals surface area (Å²) in [5.41, 5.74) is 0. The Kier molecular flexibility index (Phi) is 3.70. The Morgan fingerprint density at radius 2 is 2.21 bits per heavy atom. The molecule has 1 saturated heterocycles. The van der Waals surface area contributed by atoms with E-state index in [0.717, 1.165) is 24.1 Å². The summed E-state index contributed by atoms with van der Waals surface area (Å²) in [4.78, 5) is 11.6. The van der Waals surface area contributed by atoms with E-state index in [0.29, 0.717) is 0 Å². The van der Waals surface area contributed by atoms with Gasteiger partial charge in [0.25, 0.3) is 0 Å². The van der Waals surface area contributed by atoms with Gasteiger partial charge in [-0.25, -0.2) is 0 Å². The molecule has 0 aromatic carbocycles. The maximum atomic E-state index is 11.6. The summed E-state index contributed by atoms with van der Waals surface area (Å²) >= 11 is 1.80. The lowest BCUT2D eigenvalue weighted by molar-refractivity contribution is -0.122. The number of hydrogen-bond donors (Lipinski definition) is 2. The lowest BCUT2D eigenvalue weighted by Crippen LogP contribution is -2.43. The second-order valence-electron chi connectivity index (χ2n) is 4.17. The van der Waals surface area contributed by atoms with E-state index in [-0.39, 0.29) is 11.9 Å². The van der Waals surface area contributed by atoms with Crippen LogP contribution in [0.4, 0.5) is 0 Å². The van der Waals surface area contributed by atoms with Gasteiger partial charge < -0.3 is 5.32 Å². The Balaban J connectivity index is 1.66. The molecule has 0 bridgehead atoms. The smallest absolute Gasteiger partial charge is 0.238 e. The predicted octanol–water partition coefficient (Wildman–Crippen LogP) is 0.955. The van der Waals surface area contributed by atoms with Crippen LogP contribution in [0.1, 0.15) is 25.7 Å².